The second-order valence-corrected chi connectivity index (χ2v) is 6.05. The lowest BCUT2D eigenvalue weighted by Crippen LogP contribution is -2.27. The Morgan fingerprint density at radius 3 is 2.32 bits per heavy atom. The Bertz CT molecular complexity index is 606. The van der Waals surface area contributed by atoms with Gasteiger partial charge in [-0.05, 0) is 31.4 Å². The first-order valence-corrected chi connectivity index (χ1v) is 7.43. The molecule has 0 aliphatic heterocycles. The molecule has 5 heteroatoms. The number of sulfonamides is 1. The van der Waals surface area contributed by atoms with Crippen LogP contribution in [0.2, 0.25) is 0 Å². The summed E-state index contributed by atoms with van der Waals surface area (Å²) in [6, 6.07) is 8.97. The monoisotopic (exact) mass is 279 g/mol. The molecule has 19 heavy (non-hydrogen) atoms. The first kappa shape index (κ1) is 15.3. The molecule has 0 aliphatic carbocycles. The van der Waals surface area contributed by atoms with Gasteiger partial charge in [0.25, 0.3) is 10.0 Å². The SMILES string of the molecule is CCCN(C#CC(C)=O)S(=O)(=O)c1ccc(C)cc1. The molecule has 102 valence electrons. The van der Waals surface area contributed by atoms with Crippen LogP contribution in [0.4, 0.5) is 0 Å². The van der Waals surface area contributed by atoms with Crippen molar-refractivity contribution in [3.05, 3.63) is 29.8 Å². The zero-order chi connectivity index (χ0) is 14.5. The van der Waals surface area contributed by atoms with Crippen LogP contribution in [0.3, 0.4) is 0 Å². The Morgan fingerprint density at radius 1 is 1.26 bits per heavy atom. The van der Waals surface area contributed by atoms with Crippen molar-refractivity contribution in [2.24, 2.45) is 0 Å². The molecule has 0 heterocycles. The molecule has 0 unspecified atom stereocenters. The highest BCUT2D eigenvalue weighted by Crippen LogP contribution is 2.15. The third-order valence-electron chi connectivity index (χ3n) is 2.39. The van der Waals surface area contributed by atoms with Crippen LogP contribution in [0.5, 0.6) is 0 Å². The van der Waals surface area contributed by atoms with Gasteiger partial charge in [-0.25, -0.2) is 12.7 Å². The third-order valence-corrected chi connectivity index (χ3v) is 4.11. The van der Waals surface area contributed by atoms with Crippen LogP contribution in [0.25, 0.3) is 0 Å². The Labute approximate surface area is 114 Å². The molecular formula is C14H17NO3S. The highest BCUT2D eigenvalue weighted by molar-refractivity contribution is 7.89. The van der Waals surface area contributed by atoms with Crippen molar-refractivity contribution < 1.29 is 13.2 Å². The third kappa shape index (κ3) is 4.11. The van der Waals surface area contributed by atoms with E-state index in [1.54, 1.807) is 24.3 Å². The van der Waals surface area contributed by atoms with Gasteiger partial charge in [0, 0.05) is 19.5 Å². The van der Waals surface area contributed by atoms with E-state index in [0.717, 1.165) is 9.87 Å². The largest absolute Gasteiger partial charge is 0.285 e. The normalized spacial score (nSPS) is 10.5. The number of ketones is 1. The zero-order valence-electron chi connectivity index (χ0n) is 11.3. The molecule has 0 atom stereocenters. The average Bonchev–Trinajstić information content (AvgIpc) is 2.34. The molecule has 1 aromatic carbocycles. The van der Waals surface area contributed by atoms with Crippen molar-refractivity contribution in [2.45, 2.75) is 32.1 Å². The highest BCUT2D eigenvalue weighted by Gasteiger charge is 2.21. The van der Waals surface area contributed by atoms with E-state index in [1.807, 2.05) is 13.8 Å². The first-order chi connectivity index (χ1) is 8.87. The van der Waals surface area contributed by atoms with Gasteiger partial charge in [-0.15, -0.1) is 0 Å². The first-order valence-electron chi connectivity index (χ1n) is 5.99. The number of benzene rings is 1. The van der Waals surface area contributed by atoms with Crippen molar-refractivity contribution in [2.75, 3.05) is 6.54 Å². The summed E-state index contributed by atoms with van der Waals surface area (Å²) in [5, 5.41) is 0. The smallest absolute Gasteiger partial charge is 0.270 e. The van der Waals surface area contributed by atoms with E-state index in [0.29, 0.717) is 6.42 Å². The van der Waals surface area contributed by atoms with Crippen molar-refractivity contribution >= 4 is 15.8 Å². The fourth-order valence-electron chi connectivity index (χ4n) is 1.42. The Morgan fingerprint density at radius 2 is 1.84 bits per heavy atom. The van der Waals surface area contributed by atoms with Gasteiger partial charge in [-0.1, -0.05) is 24.6 Å². The van der Waals surface area contributed by atoms with Crippen molar-refractivity contribution in [3.63, 3.8) is 0 Å². The molecule has 0 bridgehead atoms. The second kappa shape index (κ2) is 6.39. The summed E-state index contributed by atoms with van der Waals surface area (Å²) in [5.74, 6) is 1.91. The Balaban J connectivity index is 3.17. The van der Waals surface area contributed by atoms with Gasteiger partial charge in [0.1, 0.15) is 0 Å². The van der Waals surface area contributed by atoms with Crippen LogP contribution in [0.15, 0.2) is 29.2 Å². The van der Waals surface area contributed by atoms with E-state index >= 15 is 0 Å². The molecule has 0 radical (unpaired) electrons. The molecular weight excluding hydrogens is 262 g/mol. The quantitative estimate of drug-likeness (QED) is 0.625. The van der Waals surface area contributed by atoms with Crippen molar-refractivity contribution in [3.8, 4) is 12.0 Å². The summed E-state index contributed by atoms with van der Waals surface area (Å²) >= 11 is 0. The van der Waals surface area contributed by atoms with E-state index in [9.17, 15) is 13.2 Å². The summed E-state index contributed by atoms with van der Waals surface area (Å²) in [5.41, 5.74) is 0.982. The second-order valence-electron chi connectivity index (χ2n) is 4.18. The number of nitrogens with zero attached hydrogens (tertiary/aromatic N) is 1. The topological polar surface area (TPSA) is 54.5 Å². The number of carbonyl (C=O) groups is 1. The molecule has 0 N–H and O–H groups in total. The molecule has 0 aliphatic rings. The molecule has 1 aromatic rings. The van der Waals surface area contributed by atoms with Gasteiger partial charge in [0.15, 0.2) is 0 Å². The minimum atomic E-state index is -3.67. The van der Waals surface area contributed by atoms with Crippen molar-refractivity contribution in [1.82, 2.24) is 4.31 Å². The van der Waals surface area contributed by atoms with Crippen LogP contribution in [0, 0.1) is 18.9 Å². The van der Waals surface area contributed by atoms with E-state index < -0.39 is 10.0 Å². The van der Waals surface area contributed by atoms with Gasteiger partial charge in [-0.2, -0.15) is 0 Å². The lowest BCUT2D eigenvalue weighted by Gasteiger charge is -2.17. The summed E-state index contributed by atoms with van der Waals surface area (Å²) < 4.78 is 25.7. The fraction of sp³-hybridized carbons (Fsp3) is 0.357. The maximum Gasteiger partial charge on any atom is 0.270 e. The fourth-order valence-corrected chi connectivity index (χ4v) is 2.74. The summed E-state index contributed by atoms with van der Waals surface area (Å²) in [4.78, 5) is 11.1. The Kier molecular flexibility index (Phi) is 5.13. The van der Waals surface area contributed by atoms with Crippen LogP contribution < -0.4 is 0 Å². The molecule has 0 aromatic heterocycles. The van der Waals surface area contributed by atoms with Gasteiger partial charge in [0.05, 0.1) is 4.90 Å². The van der Waals surface area contributed by atoms with Gasteiger partial charge < -0.3 is 0 Å². The molecule has 0 fully saturated rings. The molecule has 4 nitrogen and oxygen atoms in total. The van der Waals surface area contributed by atoms with Gasteiger partial charge in [0.2, 0.25) is 5.78 Å². The van der Waals surface area contributed by atoms with E-state index in [-0.39, 0.29) is 17.2 Å². The zero-order valence-corrected chi connectivity index (χ0v) is 12.1. The number of aryl methyl sites for hydroxylation is 1. The average molecular weight is 279 g/mol. The predicted molar refractivity (Wildman–Crippen MR) is 73.8 cm³/mol. The Hall–Kier alpha value is -1.80. The highest BCUT2D eigenvalue weighted by atomic mass is 32.2. The van der Waals surface area contributed by atoms with Crippen LogP contribution >= 0.6 is 0 Å². The number of carbonyl (C=O) groups excluding carboxylic acids is 1. The summed E-state index contributed by atoms with van der Waals surface area (Å²) in [6.07, 6.45) is 0.623. The van der Waals surface area contributed by atoms with Gasteiger partial charge >= 0.3 is 0 Å². The molecule has 0 spiro atoms. The molecule has 1 rings (SSSR count). The molecule has 0 saturated heterocycles. The maximum absolute atomic E-state index is 12.4. The van der Waals surface area contributed by atoms with E-state index in [1.165, 1.54) is 6.92 Å². The van der Waals surface area contributed by atoms with Crippen LogP contribution in [0.1, 0.15) is 25.8 Å². The lowest BCUT2D eigenvalue weighted by molar-refractivity contribution is -0.111. The maximum atomic E-state index is 12.4. The number of hydrogen-bond donors (Lipinski definition) is 0. The van der Waals surface area contributed by atoms with Crippen molar-refractivity contribution in [1.29, 1.82) is 0 Å². The molecule has 0 amide bonds. The minimum Gasteiger partial charge on any atom is -0.285 e. The minimum absolute atomic E-state index is 0.185. The van der Waals surface area contributed by atoms with Gasteiger partial charge in [-0.3, -0.25) is 4.79 Å². The lowest BCUT2D eigenvalue weighted by atomic mass is 10.2. The standard InChI is InChI=1S/C14H17NO3S/c1-4-10-15(11-9-13(3)16)19(17,18)14-7-5-12(2)6-8-14/h5-8H,4,10H2,1-3H3. The molecule has 0 saturated carbocycles. The number of Topliss-reactive ketones (excluding diaryl/α,β-unsaturated/α-hetero) is 1. The van der Waals surface area contributed by atoms with E-state index in [2.05, 4.69) is 12.0 Å². The van der Waals surface area contributed by atoms with E-state index in [4.69, 9.17) is 0 Å². The van der Waals surface area contributed by atoms with Crippen LogP contribution in [-0.2, 0) is 14.8 Å². The number of hydrogen-bond acceptors (Lipinski definition) is 3. The van der Waals surface area contributed by atoms with Crippen LogP contribution in [-0.4, -0.2) is 25.1 Å². The summed E-state index contributed by atoms with van der Waals surface area (Å²) in [6.45, 7) is 5.30. The number of rotatable bonds is 4. The predicted octanol–water partition coefficient (Wildman–Crippen LogP) is 1.95. The summed E-state index contributed by atoms with van der Waals surface area (Å²) in [7, 11) is -3.67.